The summed E-state index contributed by atoms with van der Waals surface area (Å²) in [5, 5.41) is 5.21. The van der Waals surface area contributed by atoms with Crippen LogP contribution in [0, 0.1) is 0 Å². The monoisotopic (exact) mass is 315 g/mol. The highest BCUT2D eigenvalue weighted by molar-refractivity contribution is 8.93. The SMILES string of the molecule is Br.C[C@H](N)C(=O)N[C@@H](C)C(=O)Nc1ccccc1. The minimum atomic E-state index is -0.623. The second-order valence-electron chi connectivity index (χ2n) is 3.87. The van der Waals surface area contributed by atoms with Gasteiger partial charge < -0.3 is 16.4 Å². The van der Waals surface area contributed by atoms with Crippen molar-refractivity contribution in [2.24, 2.45) is 5.73 Å². The van der Waals surface area contributed by atoms with Gasteiger partial charge in [0, 0.05) is 5.69 Å². The smallest absolute Gasteiger partial charge is 0.246 e. The van der Waals surface area contributed by atoms with Gasteiger partial charge in [0.05, 0.1) is 6.04 Å². The maximum absolute atomic E-state index is 11.7. The van der Waals surface area contributed by atoms with Gasteiger partial charge in [-0.05, 0) is 26.0 Å². The van der Waals surface area contributed by atoms with Crippen molar-refractivity contribution < 1.29 is 9.59 Å². The van der Waals surface area contributed by atoms with Gasteiger partial charge in [-0.3, -0.25) is 9.59 Å². The third-order valence-corrected chi connectivity index (χ3v) is 2.21. The highest BCUT2D eigenvalue weighted by Crippen LogP contribution is 2.05. The molecular weight excluding hydrogens is 298 g/mol. The molecule has 2 amide bonds. The third kappa shape index (κ3) is 5.29. The van der Waals surface area contributed by atoms with Crippen molar-refractivity contribution in [1.82, 2.24) is 5.32 Å². The van der Waals surface area contributed by atoms with E-state index in [4.69, 9.17) is 5.73 Å². The van der Waals surface area contributed by atoms with Crippen LogP contribution in [-0.4, -0.2) is 23.9 Å². The normalized spacial score (nSPS) is 12.8. The molecule has 6 heteroatoms. The van der Waals surface area contributed by atoms with E-state index in [1.165, 1.54) is 0 Å². The largest absolute Gasteiger partial charge is 0.343 e. The summed E-state index contributed by atoms with van der Waals surface area (Å²) in [6.07, 6.45) is 0. The molecule has 0 radical (unpaired) electrons. The van der Waals surface area contributed by atoms with Gasteiger partial charge in [0.25, 0.3) is 0 Å². The number of para-hydroxylation sites is 1. The van der Waals surface area contributed by atoms with Crippen molar-refractivity contribution >= 4 is 34.5 Å². The molecule has 5 nitrogen and oxygen atoms in total. The van der Waals surface area contributed by atoms with E-state index in [1.54, 1.807) is 26.0 Å². The summed E-state index contributed by atoms with van der Waals surface area (Å²) in [6, 6.07) is 7.81. The molecule has 1 rings (SSSR count). The van der Waals surface area contributed by atoms with Gasteiger partial charge in [0.15, 0.2) is 0 Å². The number of nitrogens with one attached hydrogen (secondary N) is 2. The first-order valence-corrected chi connectivity index (χ1v) is 5.42. The number of hydrogen-bond acceptors (Lipinski definition) is 3. The Bertz CT molecular complexity index is 396. The number of hydrogen-bond donors (Lipinski definition) is 3. The van der Waals surface area contributed by atoms with Crippen LogP contribution in [0.3, 0.4) is 0 Å². The molecule has 0 aliphatic carbocycles. The molecule has 0 aromatic heterocycles. The minimum Gasteiger partial charge on any atom is -0.343 e. The number of nitrogens with two attached hydrogens (primary N) is 1. The fourth-order valence-corrected chi connectivity index (χ4v) is 1.18. The van der Waals surface area contributed by atoms with Gasteiger partial charge in [-0.2, -0.15) is 0 Å². The number of carbonyl (C=O) groups excluding carboxylic acids is 2. The summed E-state index contributed by atoms with van der Waals surface area (Å²) >= 11 is 0. The zero-order valence-electron chi connectivity index (χ0n) is 10.3. The summed E-state index contributed by atoms with van der Waals surface area (Å²) in [6.45, 7) is 3.18. The van der Waals surface area contributed by atoms with Crippen molar-refractivity contribution in [3.63, 3.8) is 0 Å². The quantitative estimate of drug-likeness (QED) is 0.776. The Labute approximate surface area is 117 Å². The Morgan fingerprint density at radius 2 is 1.67 bits per heavy atom. The molecule has 100 valence electrons. The Morgan fingerprint density at radius 3 is 2.17 bits per heavy atom. The standard InChI is InChI=1S/C12H17N3O2.BrH/c1-8(13)11(16)14-9(2)12(17)15-10-6-4-3-5-7-10;/h3-9H,13H2,1-2H3,(H,14,16)(H,15,17);1H/t8-,9-;/m0./s1. The molecule has 1 aromatic carbocycles. The lowest BCUT2D eigenvalue weighted by atomic mass is 10.2. The molecule has 1 aromatic rings. The molecule has 2 atom stereocenters. The number of amides is 2. The van der Waals surface area contributed by atoms with Crippen molar-refractivity contribution in [3.8, 4) is 0 Å². The zero-order valence-corrected chi connectivity index (χ0v) is 12.1. The van der Waals surface area contributed by atoms with E-state index in [2.05, 4.69) is 10.6 Å². The summed E-state index contributed by atoms with van der Waals surface area (Å²) in [5.41, 5.74) is 6.09. The van der Waals surface area contributed by atoms with Crippen LogP contribution >= 0.6 is 17.0 Å². The predicted molar refractivity (Wildman–Crippen MR) is 76.6 cm³/mol. The molecule has 0 spiro atoms. The molecular formula is C12H18BrN3O2. The van der Waals surface area contributed by atoms with E-state index in [0.717, 1.165) is 0 Å². The lowest BCUT2D eigenvalue weighted by molar-refractivity contribution is -0.126. The first-order valence-electron chi connectivity index (χ1n) is 5.42. The molecule has 18 heavy (non-hydrogen) atoms. The Balaban J connectivity index is 0.00000289. The van der Waals surface area contributed by atoms with Crippen LogP contribution in [0.5, 0.6) is 0 Å². The van der Waals surface area contributed by atoms with Gasteiger partial charge in [0.2, 0.25) is 11.8 Å². The average molecular weight is 316 g/mol. The molecule has 4 N–H and O–H groups in total. The van der Waals surface area contributed by atoms with Gasteiger partial charge in [-0.15, -0.1) is 17.0 Å². The number of rotatable bonds is 4. The van der Waals surface area contributed by atoms with E-state index in [0.29, 0.717) is 5.69 Å². The number of benzene rings is 1. The van der Waals surface area contributed by atoms with Crippen LogP contribution in [-0.2, 0) is 9.59 Å². The molecule has 0 saturated carbocycles. The minimum absolute atomic E-state index is 0. The fraction of sp³-hybridized carbons (Fsp3) is 0.333. The lowest BCUT2D eigenvalue weighted by Gasteiger charge is -2.15. The van der Waals surface area contributed by atoms with Crippen LogP contribution in [0.4, 0.5) is 5.69 Å². The van der Waals surface area contributed by atoms with Crippen LogP contribution < -0.4 is 16.4 Å². The van der Waals surface area contributed by atoms with Crippen LogP contribution in [0.25, 0.3) is 0 Å². The van der Waals surface area contributed by atoms with E-state index in [9.17, 15) is 9.59 Å². The average Bonchev–Trinajstić information content (AvgIpc) is 2.29. The van der Waals surface area contributed by atoms with Crippen molar-refractivity contribution in [2.45, 2.75) is 25.9 Å². The first kappa shape index (κ1) is 16.6. The van der Waals surface area contributed by atoms with Gasteiger partial charge >= 0.3 is 0 Å². The highest BCUT2D eigenvalue weighted by Gasteiger charge is 2.17. The maximum atomic E-state index is 11.7. The van der Waals surface area contributed by atoms with Gasteiger partial charge in [0.1, 0.15) is 6.04 Å². The molecule has 0 aliphatic heterocycles. The van der Waals surface area contributed by atoms with Crippen LogP contribution in [0.2, 0.25) is 0 Å². The van der Waals surface area contributed by atoms with Gasteiger partial charge in [-0.1, -0.05) is 18.2 Å². The summed E-state index contributed by atoms with van der Waals surface area (Å²) < 4.78 is 0. The summed E-state index contributed by atoms with van der Waals surface area (Å²) in [4.78, 5) is 23.0. The van der Waals surface area contributed by atoms with E-state index in [1.807, 2.05) is 18.2 Å². The number of halogens is 1. The summed E-state index contributed by atoms with van der Waals surface area (Å²) in [7, 11) is 0. The maximum Gasteiger partial charge on any atom is 0.246 e. The highest BCUT2D eigenvalue weighted by atomic mass is 79.9. The predicted octanol–water partition coefficient (Wildman–Crippen LogP) is 1.05. The van der Waals surface area contributed by atoms with Crippen molar-refractivity contribution in [2.75, 3.05) is 5.32 Å². The van der Waals surface area contributed by atoms with Crippen molar-refractivity contribution in [3.05, 3.63) is 30.3 Å². The number of anilines is 1. The molecule has 0 fully saturated rings. The second-order valence-corrected chi connectivity index (χ2v) is 3.87. The van der Waals surface area contributed by atoms with E-state index >= 15 is 0 Å². The topological polar surface area (TPSA) is 84.2 Å². The second kappa shape index (κ2) is 7.84. The fourth-order valence-electron chi connectivity index (χ4n) is 1.18. The van der Waals surface area contributed by atoms with Gasteiger partial charge in [-0.25, -0.2) is 0 Å². The molecule has 0 heterocycles. The summed E-state index contributed by atoms with van der Waals surface area (Å²) in [5.74, 6) is -0.620. The van der Waals surface area contributed by atoms with E-state index in [-0.39, 0.29) is 28.8 Å². The lowest BCUT2D eigenvalue weighted by Crippen LogP contribution is -2.47. The molecule has 0 aliphatic rings. The third-order valence-electron chi connectivity index (χ3n) is 2.21. The van der Waals surface area contributed by atoms with Crippen LogP contribution in [0.1, 0.15) is 13.8 Å². The Morgan fingerprint density at radius 1 is 1.11 bits per heavy atom. The zero-order chi connectivity index (χ0) is 12.8. The first-order chi connectivity index (χ1) is 8.00. The van der Waals surface area contributed by atoms with Crippen molar-refractivity contribution in [1.29, 1.82) is 0 Å². The molecule has 0 unspecified atom stereocenters. The molecule has 0 saturated heterocycles. The molecule has 0 bridgehead atoms. The Hall–Kier alpha value is -1.40. The van der Waals surface area contributed by atoms with E-state index < -0.39 is 12.1 Å². The van der Waals surface area contributed by atoms with Crippen LogP contribution in [0.15, 0.2) is 30.3 Å². The Kier molecular flexibility index (Phi) is 7.23. The number of carbonyl (C=O) groups is 2.